The summed E-state index contributed by atoms with van der Waals surface area (Å²) in [4.78, 5) is 18.1. The highest BCUT2D eigenvalue weighted by Crippen LogP contribution is 2.28. The molecular weight excluding hydrogens is 420 g/mol. The Bertz CT molecular complexity index is 1030. The molecule has 0 aliphatic carbocycles. The van der Waals surface area contributed by atoms with Crippen molar-refractivity contribution in [1.82, 2.24) is 15.0 Å². The van der Waals surface area contributed by atoms with E-state index in [4.69, 9.17) is 32.5 Å². The van der Waals surface area contributed by atoms with Crippen LogP contribution >= 0.6 is 23.2 Å². The fourth-order valence-corrected chi connectivity index (χ4v) is 2.96. The summed E-state index contributed by atoms with van der Waals surface area (Å²) in [6.07, 6.45) is 0.377. The van der Waals surface area contributed by atoms with Crippen LogP contribution in [0.15, 0.2) is 40.9 Å². The molecule has 0 fully saturated rings. The second-order valence-corrected chi connectivity index (χ2v) is 7.25. The van der Waals surface area contributed by atoms with Gasteiger partial charge in [0, 0.05) is 30.6 Å². The van der Waals surface area contributed by atoms with Crippen LogP contribution in [0.5, 0.6) is 5.75 Å². The number of ether oxygens (including phenoxy) is 1. The van der Waals surface area contributed by atoms with Gasteiger partial charge in [-0.2, -0.15) is 4.98 Å². The van der Waals surface area contributed by atoms with E-state index in [0.29, 0.717) is 40.1 Å². The summed E-state index contributed by atoms with van der Waals surface area (Å²) in [5.41, 5.74) is 0.781. The number of rotatable bonds is 7. The van der Waals surface area contributed by atoms with Crippen molar-refractivity contribution in [2.45, 2.75) is 20.0 Å². The van der Waals surface area contributed by atoms with E-state index in [1.54, 1.807) is 44.3 Å². The topological polar surface area (TPSA) is 68.5 Å². The van der Waals surface area contributed by atoms with Gasteiger partial charge >= 0.3 is 0 Å². The highest BCUT2D eigenvalue weighted by Gasteiger charge is 2.15. The third-order valence-corrected chi connectivity index (χ3v) is 4.72. The third-order valence-electron chi connectivity index (χ3n) is 4.19. The molecule has 0 aliphatic rings. The normalized spacial score (nSPS) is 10.8. The molecule has 1 heterocycles. The van der Waals surface area contributed by atoms with Crippen molar-refractivity contribution in [3.05, 3.63) is 75.1 Å². The van der Waals surface area contributed by atoms with Crippen LogP contribution in [0.4, 0.5) is 4.39 Å². The van der Waals surface area contributed by atoms with Gasteiger partial charge in [-0.3, -0.25) is 4.79 Å². The number of likely N-dealkylation sites (N-methyl/N-ethyl adjacent to an activating group) is 1. The zero-order chi connectivity index (χ0) is 21.0. The molecule has 0 unspecified atom stereocenters. The standard InChI is InChI=1S/C20H18Cl2FN3O3/c1-12-3-4-13(9-16(12)23)20(27)26(2)8-7-18-24-19(29-25-18)11-28-17-6-5-14(21)10-15(17)22/h3-6,9-10H,7-8,11H2,1-2H3. The molecule has 0 atom stereocenters. The molecule has 29 heavy (non-hydrogen) atoms. The number of aryl methyl sites for hydroxylation is 1. The van der Waals surface area contributed by atoms with Gasteiger partial charge in [0.05, 0.1) is 5.02 Å². The largest absolute Gasteiger partial charge is 0.482 e. The summed E-state index contributed by atoms with van der Waals surface area (Å²) in [5.74, 6) is 0.466. The number of hydrogen-bond donors (Lipinski definition) is 0. The minimum atomic E-state index is -0.409. The van der Waals surface area contributed by atoms with Crippen LogP contribution in [-0.4, -0.2) is 34.5 Å². The molecule has 9 heteroatoms. The molecule has 6 nitrogen and oxygen atoms in total. The second-order valence-electron chi connectivity index (χ2n) is 6.41. The summed E-state index contributed by atoms with van der Waals surface area (Å²) >= 11 is 11.9. The summed E-state index contributed by atoms with van der Waals surface area (Å²) in [5, 5.41) is 4.76. The van der Waals surface area contributed by atoms with Gasteiger partial charge < -0.3 is 14.2 Å². The minimum Gasteiger partial charge on any atom is -0.482 e. The summed E-state index contributed by atoms with van der Waals surface area (Å²) in [6.45, 7) is 2.04. The maximum absolute atomic E-state index is 13.7. The molecule has 0 N–H and O–H groups in total. The number of carbonyl (C=O) groups is 1. The molecule has 2 aromatic carbocycles. The van der Waals surface area contributed by atoms with Crippen molar-refractivity contribution >= 4 is 29.1 Å². The smallest absolute Gasteiger partial charge is 0.264 e. The monoisotopic (exact) mass is 437 g/mol. The number of amides is 1. The molecule has 0 bridgehead atoms. The summed E-state index contributed by atoms with van der Waals surface area (Å²) in [7, 11) is 1.63. The number of nitrogens with zero attached hydrogens (tertiary/aromatic N) is 3. The molecule has 1 amide bonds. The average Bonchev–Trinajstić information content (AvgIpc) is 3.15. The van der Waals surface area contributed by atoms with Crippen molar-refractivity contribution in [1.29, 1.82) is 0 Å². The van der Waals surface area contributed by atoms with Crippen LogP contribution in [-0.2, 0) is 13.0 Å². The van der Waals surface area contributed by atoms with E-state index < -0.39 is 5.82 Å². The lowest BCUT2D eigenvalue weighted by Crippen LogP contribution is -2.29. The first kappa shape index (κ1) is 21.1. The predicted octanol–water partition coefficient (Wildman–Crippen LogP) is 4.72. The number of halogens is 3. The predicted molar refractivity (Wildman–Crippen MR) is 107 cm³/mol. The minimum absolute atomic E-state index is 0.0474. The van der Waals surface area contributed by atoms with E-state index in [9.17, 15) is 9.18 Å². The lowest BCUT2D eigenvalue weighted by molar-refractivity contribution is 0.0795. The summed E-state index contributed by atoms with van der Waals surface area (Å²) < 4.78 is 24.4. The van der Waals surface area contributed by atoms with Crippen molar-refractivity contribution in [2.24, 2.45) is 0 Å². The van der Waals surface area contributed by atoms with Crippen LogP contribution in [0.3, 0.4) is 0 Å². The van der Waals surface area contributed by atoms with Gasteiger partial charge in [-0.1, -0.05) is 34.4 Å². The Morgan fingerprint density at radius 3 is 2.76 bits per heavy atom. The number of carbonyl (C=O) groups excluding carboxylic acids is 1. The Kier molecular flexibility index (Phi) is 6.71. The Balaban J connectivity index is 1.53. The molecule has 0 saturated carbocycles. The first-order valence-corrected chi connectivity index (χ1v) is 9.50. The van der Waals surface area contributed by atoms with E-state index in [2.05, 4.69) is 10.1 Å². The molecule has 0 aliphatic heterocycles. The SMILES string of the molecule is Cc1ccc(C(=O)N(C)CCc2noc(COc3ccc(Cl)cc3Cl)n2)cc1F. The van der Waals surface area contributed by atoms with E-state index in [-0.39, 0.29) is 24.0 Å². The van der Waals surface area contributed by atoms with Gasteiger partial charge in [-0.15, -0.1) is 0 Å². The van der Waals surface area contributed by atoms with Crippen LogP contribution in [0, 0.1) is 12.7 Å². The fourth-order valence-electron chi connectivity index (χ4n) is 2.50. The Hall–Kier alpha value is -2.64. The van der Waals surface area contributed by atoms with Crippen LogP contribution < -0.4 is 4.74 Å². The van der Waals surface area contributed by atoms with Gasteiger partial charge in [-0.05, 0) is 42.8 Å². The van der Waals surface area contributed by atoms with E-state index >= 15 is 0 Å². The van der Waals surface area contributed by atoms with E-state index in [1.807, 2.05) is 0 Å². The fraction of sp³-hybridized carbons (Fsp3) is 0.250. The van der Waals surface area contributed by atoms with Crippen molar-refractivity contribution in [3.63, 3.8) is 0 Å². The Labute approximate surface area is 177 Å². The molecule has 3 rings (SSSR count). The first-order valence-electron chi connectivity index (χ1n) is 8.74. The van der Waals surface area contributed by atoms with Gasteiger partial charge in [0.15, 0.2) is 12.4 Å². The average molecular weight is 438 g/mol. The van der Waals surface area contributed by atoms with Crippen LogP contribution in [0.2, 0.25) is 10.0 Å². The van der Waals surface area contributed by atoms with Gasteiger partial charge in [-0.25, -0.2) is 4.39 Å². The van der Waals surface area contributed by atoms with E-state index in [1.165, 1.54) is 11.0 Å². The lowest BCUT2D eigenvalue weighted by atomic mass is 10.1. The Morgan fingerprint density at radius 1 is 1.24 bits per heavy atom. The zero-order valence-electron chi connectivity index (χ0n) is 15.8. The van der Waals surface area contributed by atoms with Crippen molar-refractivity contribution in [3.8, 4) is 5.75 Å². The zero-order valence-corrected chi connectivity index (χ0v) is 17.3. The highest BCUT2D eigenvalue weighted by molar-refractivity contribution is 6.35. The van der Waals surface area contributed by atoms with Gasteiger partial charge in [0.25, 0.3) is 11.8 Å². The third kappa shape index (κ3) is 5.46. The van der Waals surface area contributed by atoms with Gasteiger partial charge in [0.1, 0.15) is 11.6 Å². The maximum Gasteiger partial charge on any atom is 0.264 e. The summed E-state index contributed by atoms with van der Waals surface area (Å²) in [6, 6.07) is 9.30. The molecular formula is C20H18Cl2FN3O3. The molecule has 0 radical (unpaired) electrons. The second kappa shape index (κ2) is 9.24. The van der Waals surface area contributed by atoms with Crippen LogP contribution in [0.1, 0.15) is 27.6 Å². The number of benzene rings is 2. The molecule has 0 spiro atoms. The van der Waals surface area contributed by atoms with Crippen molar-refractivity contribution < 1.29 is 18.4 Å². The molecule has 1 aromatic heterocycles. The number of aromatic nitrogens is 2. The number of hydrogen-bond acceptors (Lipinski definition) is 5. The molecule has 0 saturated heterocycles. The molecule has 3 aromatic rings. The maximum atomic E-state index is 13.7. The highest BCUT2D eigenvalue weighted by atomic mass is 35.5. The van der Waals surface area contributed by atoms with Crippen molar-refractivity contribution in [2.75, 3.05) is 13.6 Å². The lowest BCUT2D eigenvalue weighted by Gasteiger charge is -2.16. The van der Waals surface area contributed by atoms with Crippen LogP contribution in [0.25, 0.3) is 0 Å². The Morgan fingerprint density at radius 2 is 2.03 bits per heavy atom. The van der Waals surface area contributed by atoms with E-state index in [0.717, 1.165) is 0 Å². The molecule has 152 valence electrons. The quantitative estimate of drug-likeness (QED) is 0.534. The first-order chi connectivity index (χ1) is 13.8. The van der Waals surface area contributed by atoms with Gasteiger partial charge in [0.2, 0.25) is 0 Å².